The topological polar surface area (TPSA) is 84.2 Å². The number of para-hydroxylation sites is 1. The molecular weight excluding hydrogens is 359 g/mol. The summed E-state index contributed by atoms with van der Waals surface area (Å²) in [5.74, 6) is 0.560. The number of nitrogens with one attached hydrogen (secondary N) is 2. The highest BCUT2D eigenvalue weighted by Gasteiger charge is 2.24. The predicted octanol–water partition coefficient (Wildman–Crippen LogP) is 2.77. The molecule has 8 heteroatoms. The largest absolute Gasteiger partial charge is 0.354 e. The third kappa shape index (κ3) is 2.83. The molecule has 0 aliphatic carbocycles. The zero-order valence-corrected chi connectivity index (χ0v) is 14.9. The summed E-state index contributed by atoms with van der Waals surface area (Å²) in [4.78, 5) is 21.5. The summed E-state index contributed by atoms with van der Waals surface area (Å²) in [5.41, 5.74) is 2.09. The average molecular weight is 376 g/mol. The van der Waals surface area contributed by atoms with Crippen molar-refractivity contribution in [3.63, 3.8) is 0 Å². The Balaban J connectivity index is 1.67. The summed E-state index contributed by atoms with van der Waals surface area (Å²) in [6.07, 6.45) is 1.62. The number of fused-ring (bicyclic) bond motifs is 3. The summed E-state index contributed by atoms with van der Waals surface area (Å²) >= 11 is 0. The van der Waals surface area contributed by atoms with Gasteiger partial charge in [-0.25, -0.2) is 14.4 Å². The van der Waals surface area contributed by atoms with Crippen molar-refractivity contribution in [3.05, 3.63) is 54.3 Å². The normalized spacial score (nSPS) is 17.0. The van der Waals surface area contributed by atoms with Crippen LogP contribution in [0, 0.1) is 5.82 Å². The van der Waals surface area contributed by atoms with Gasteiger partial charge in [0.1, 0.15) is 11.9 Å². The van der Waals surface area contributed by atoms with E-state index in [0.29, 0.717) is 29.5 Å². The van der Waals surface area contributed by atoms with Gasteiger partial charge in [-0.05, 0) is 49.2 Å². The summed E-state index contributed by atoms with van der Waals surface area (Å²) in [7, 11) is 0. The first-order valence-corrected chi connectivity index (χ1v) is 9.15. The number of rotatable bonds is 3. The molecule has 0 saturated carbocycles. The van der Waals surface area contributed by atoms with Gasteiger partial charge in [0.05, 0.1) is 5.52 Å². The van der Waals surface area contributed by atoms with Crippen molar-refractivity contribution >= 4 is 28.4 Å². The zero-order chi connectivity index (χ0) is 19.1. The zero-order valence-electron chi connectivity index (χ0n) is 14.9. The molecule has 0 radical (unpaired) electrons. The van der Waals surface area contributed by atoms with Crippen molar-refractivity contribution in [2.24, 2.45) is 0 Å². The molecule has 2 aromatic carbocycles. The lowest BCUT2D eigenvalue weighted by atomic mass is 10.1. The van der Waals surface area contributed by atoms with Crippen LogP contribution in [-0.2, 0) is 4.79 Å². The molecule has 1 fully saturated rings. The van der Waals surface area contributed by atoms with Crippen LogP contribution in [0.3, 0.4) is 0 Å². The molecule has 4 aromatic rings. The number of amides is 1. The van der Waals surface area contributed by atoms with E-state index in [2.05, 4.69) is 25.7 Å². The number of hydrogen-bond donors (Lipinski definition) is 2. The summed E-state index contributed by atoms with van der Waals surface area (Å²) in [6.45, 7) is 0.690. The van der Waals surface area contributed by atoms with Crippen LogP contribution >= 0.6 is 0 Å². The second kappa shape index (κ2) is 6.56. The Morgan fingerprint density at radius 1 is 1.11 bits per heavy atom. The van der Waals surface area contributed by atoms with Gasteiger partial charge in [0.25, 0.3) is 0 Å². The molecule has 0 unspecified atom stereocenters. The van der Waals surface area contributed by atoms with Crippen molar-refractivity contribution in [2.45, 2.75) is 18.9 Å². The average Bonchev–Trinajstić information content (AvgIpc) is 3.16. The maximum atomic E-state index is 13.3. The Morgan fingerprint density at radius 2 is 1.93 bits per heavy atom. The molecule has 2 aromatic heterocycles. The van der Waals surface area contributed by atoms with Gasteiger partial charge < -0.3 is 10.6 Å². The summed E-state index contributed by atoms with van der Waals surface area (Å²) in [5, 5.41) is 11.5. The fraction of sp³-hybridized carbons (Fsp3) is 0.200. The number of aromatic nitrogens is 4. The number of nitrogens with zero attached hydrogens (tertiary/aromatic N) is 4. The Bertz CT molecular complexity index is 1190. The molecule has 1 aliphatic heterocycles. The van der Waals surface area contributed by atoms with E-state index in [1.165, 1.54) is 12.1 Å². The number of hydrogen-bond acceptors (Lipinski definition) is 5. The number of halogens is 1. The highest BCUT2D eigenvalue weighted by atomic mass is 19.1. The number of carbonyl (C=O) groups excluding carboxylic acids is 1. The molecule has 1 amide bonds. The van der Waals surface area contributed by atoms with Crippen LogP contribution in [0.2, 0.25) is 0 Å². The van der Waals surface area contributed by atoms with Crippen LogP contribution in [0.25, 0.3) is 27.9 Å². The molecule has 0 bridgehead atoms. The van der Waals surface area contributed by atoms with Crippen molar-refractivity contribution in [2.75, 3.05) is 11.9 Å². The molecule has 140 valence electrons. The number of piperidine rings is 1. The smallest absolute Gasteiger partial charge is 0.242 e. The minimum atomic E-state index is -0.371. The molecule has 28 heavy (non-hydrogen) atoms. The number of anilines is 1. The molecule has 7 nitrogen and oxygen atoms in total. The van der Waals surface area contributed by atoms with E-state index in [4.69, 9.17) is 0 Å². The van der Waals surface area contributed by atoms with E-state index in [0.717, 1.165) is 23.7 Å². The lowest BCUT2D eigenvalue weighted by Gasteiger charge is -2.23. The van der Waals surface area contributed by atoms with Crippen LogP contribution in [0.1, 0.15) is 12.8 Å². The monoisotopic (exact) mass is 376 g/mol. The van der Waals surface area contributed by atoms with Crippen LogP contribution in [-0.4, -0.2) is 38.1 Å². The lowest BCUT2D eigenvalue weighted by Crippen LogP contribution is -2.44. The number of carbonyl (C=O) groups is 1. The first kappa shape index (κ1) is 16.6. The quantitative estimate of drug-likeness (QED) is 0.574. The molecule has 5 rings (SSSR count). The molecular formula is C20H17FN6O. The van der Waals surface area contributed by atoms with Crippen LogP contribution in [0.15, 0.2) is 48.5 Å². The van der Waals surface area contributed by atoms with Gasteiger partial charge in [0.15, 0.2) is 11.5 Å². The fourth-order valence-electron chi connectivity index (χ4n) is 3.44. The Kier molecular flexibility index (Phi) is 3.89. The molecule has 3 heterocycles. The van der Waals surface area contributed by atoms with Gasteiger partial charge >= 0.3 is 0 Å². The third-order valence-corrected chi connectivity index (χ3v) is 4.87. The van der Waals surface area contributed by atoms with E-state index in [-0.39, 0.29) is 17.8 Å². The fourth-order valence-corrected chi connectivity index (χ4v) is 3.44. The van der Waals surface area contributed by atoms with Crippen molar-refractivity contribution in [1.82, 2.24) is 24.9 Å². The van der Waals surface area contributed by atoms with Gasteiger partial charge in [-0.2, -0.15) is 4.52 Å². The van der Waals surface area contributed by atoms with Gasteiger partial charge in [-0.15, -0.1) is 5.10 Å². The third-order valence-electron chi connectivity index (χ3n) is 4.87. The van der Waals surface area contributed by atoms with Gasteiger partial charge in [0.2, 0.25) is 11.9 Å². The Morgan fingerprint density at radius 3 is 2.75 bits per heavy atom. The van der Waals surface area contributed by atoms with Crippen LogP contribution in [0.4, 0.5) is 10.3 Å². The van der Waals surface area contributed by atoms with E-state index >= 15 is 0 Å². The van der Waals surface area contributed by atoms with Gasteiger partial charge in [0, 0.05) is 17.5 Å². The highest BCUT2D eigenvalue weighted by molar-refractivity contribution is 5.93. The Labute approximate surface area is 159 Å². The van der Waals surface area contributed by atoms with E-state index < -0.39 is 0 Å². The number of benzene rings is 2. The minimum Gasteiger partial charge on any atom is -0.354 e. The molecule has 2 N–H and O–H groups in total. The SMILES string of the molecule is O=C1NCCC[C@@H]1Nc1nc2ccccc2c2nc(-c3ccc(F)cc3)nn12. The van der Waals surface area contributed by atoms with E-state index in [1.54, 1.807) is 16.6 Å². The minimum absolute atomic E-state index is 0.0479. The van der Waals surface area contributed by atoms with Gasteiger partial charge in [-0.3, -0.25) is 4.79 Å². The van der Waals surface area contributed by atoms with Gasteiger partial charge in [-0.1, -0.05) is 12.1 Å². The maximum Gasteiger partial charge on any atom is 0.242 e. The second-order valence-electron chi connectivity index (χ2n) is 6.76. The predicted molar refractivity (Wildman–Crippen MR) is 103 cm³/mol. The van der Waals surface area contributed by atoms with E-state index in [9.17, 15) is 9.18 Å². The Hall–Kier alpha value is -3.55. The molecule has 1 aliphatic rings. The van der Waals surface area contributed by atoms with Crippen molar-refractivity contribution in [1.29, 1.82) is 0 Å². The summed E-state index contributed by atoms with van der Waals surface area (Å²) in [6, 6.07) is 13.3. The molecule has 0 spiro atoms. The van der Waals surface area contributed by atoms with Crippen LogP contribution in [0.5, 0.6) is 0 Å². The molecule has 1 saturated heterocycles. The first-order chi connectivity index (χ1) is 13.7. The van der Waals surface area contributed by atoms with Crippen molar-refractivity contribution in [3.8, 4) is 11.4 Å². The lowest BCUT2D eigenvalue weighted by molar-refractivity contribution is -0.123. The van der Waals surface area contributed by atoms with Crippen molar-refractivity contribution < 1.29 is 9.18 Å². The summed E-state index contributed by atoms with van der Waals surface area (Å²) < 4.78 is 14.9. The highest BCUT2D eigenvalue weighted by Crippen LogP contribution is 2.25. The van der Waals surface area contributed by atoms with E-state index in [1.807, 2.05) is 24.3 Å². The molecule has 1 atom stereocenters. The maximum absolute atomic E-state index is 13.3. The van der Waals surface area contributed by atoms with Crippen LogP contribution < -0.4 is 10.6 Å². The first-order valence-electron chi connectivity index (χ1n) is 9.15. The second-order valence-corrected chi connectivity index (χ2v) is 6.76. The standard InChI is InChI=1S/C20H17FN6O/c21-13-9-7-12(8-10-13)17-25-18-14-4-1-2-5-15(14)23-20(27(18)26-17)24-16-6-3-11-22-19(16)28/h1-2,4-5,7-10,16H,3,6,11H2,(H,22,28)(H,23,24)/t16-/m0/s1.